The molecular weight excluding hydrogens is 546 g/mol. The van der Waals surface area contributed by atoms with E-state index in [2.05, 4.69) is 17.6 Å². The molecule has 3 N–H and O–H groups in total. The summed E-state index contributed by atoms with van der Waals surface area (Å²) in [7, 11) is 0. The lowest BCUT2D eigenvalue weighted by Crippen LogP contribution is -2.55. The first-order chi connectivity index (χ1) is 20.2. The number of benzene rings is 3. The first-order valence-corrected chi connectivity index (χ1v) is 15.4. The maximum Gasteiger partial charge on any atom is 0.248 e. The molecule has 6 rings (SSSR count). The molecule has 6 atom stereocenters. The first kappa shape index (κ1) is 28.5. The third kappa shape index (κ3) is 4.71. The molecule has 0 radical (unpaired) electrons. The van der Waals surface area contributed by atoms with Crippen LogP contribution in [0.2, 0.25) is 0 Å². The molecule has 3 aliphatic heterocycles. The topological polar surface area (TPSA) is 98.7 Å². The monoisotopic (exact) mass is 583 g/mol. The van der Waals surface area contributed by atoms with Gasteiger partial charge in [0.1, 0.15) is 6.04 Å². The predicted molar refractivity (Wildman–Crippen MR) is 166 cm³/mol. The van der Waals surface area contributed by atoms with E-state index in [1.807, 2.05) is 92.7 Å². The molecule has 0 saturated carbocycles. The van der Waals surface area contributed by atoms with Crippen molar-refractivity contribution in [1.82, 2.24) is 4.90 Å². The smallest absolute Gasteiger partial charge is 0.248 e. The predicted octanol–water partition coefficient (Wildman–Crippen LogP) is 4.97. The van der Waals surface area contributed by atoms with E-state index in [1.165, 1.54) is 0 Å². The molecule has 0 aliphatic carbocycles. The number of hydrogen-bond donors (Lipinski definition) is 3. The number of carbonyl (C=O) groups excluding carboxylic acids is 3. The normalized spacial score (nSPS) is 28.4. The Labute approximate surface area is 251 Å². The maximum atomic E-state index is 14.6. The molecule has 1 spiro atoms. The van der Waals surface area contributed by atoms with E-state index in [1.54, 1.807) is 16.7 Å². The van der Waals surface area contributed by atoms with Gasteiger partial charge in [-0.2, -0.15) is 0 Å². The molecule has 7 nitrogen and oxygen atoms in total. The number of anilines is 2. The van der Waals surface area contributed by atoms with E-state index in [0.717, 1.165) is 23.1 Å². The summed E-state index contributed by atoms with van der Waals surface area (Å²) in [6.45, 7) is 5.69. The molecule has 0 aromatic heterocycles. The molecule has 218 valence electrons. The summed E-state index contributed by atoms with van der Waals surface area (Å²) < 4.78 is -1.27. The van der Waals surface area contributed by atoms with E-state index in [9.17, 15) is 19.5 Å². The molecule has 2 unspecified atom stereocenters. The number of aliphatic hydroxyl groups is 1. The van der Waals surface area contributed by atoms with E-state index in [0.29, 0.717) is 24.2 Å². The zero-order chi connectivity index (χ0) is 29.6. The van der Waals surface area contributed by atoms with Crippen LogP contribution in [0.4, 0.5) is 11.4 Å². The van der Waals surface area contributed by atoms with Crippen molar-refractivity contribution >= 4 is 40.9 Å². The standard InChI is InChI=1S/C34H37N3O4S/c1-21-14-15-22(2)26(18-21)36-31(40)29-34-17-16-33(3,42-34)27(30(39)35-24-12-8-5-9-13-24)28(34)32(41)37(29)25(20-38)19-23-10-6-4-7-11-23/h4-15,18,25,27-29,38H,16-17,19-20H2,1-3H3,(H,35,39)(H,36,40)/t25-,27+,28+,29?,33-,34?/m1/s1. The number of nitrogens with one attached hydrogen (secondary N) is 2. The average molecular weight is 584 g/mol. The molecule has 3 aromatic carbocycles. The lowest BCUT2D eigenvalue weighted by molar-refractivity contribution is -0.141. The molecule has 42 heavy (non-hydrogen) atoms. The van der Waals surface area contributed by atoms with Gasteiger partial charge in [-0.25, -0.2) is 0 Å². The zero-order valence-corrected chi connectivity index (χ0v) is 25.0. The van der Waals surface area contributed by atoms with E-state index >= 15 is 0 Å². The van der Waals surface area contributed by atoms with Crippen LogP contribution in [0.15, 0.2) is 78.9 Å². The summed E-state index contributed by atoms with van der Waals surface area (Å²) in [6.07, 6.45) is 1.77. The van der Waals surface area contributed by atoms with Gasteiger partial charge in [0.25, 0.3) is 0 Å². The Bertz CT molecular complexity index is 1520. The van der Waals surface area contributed by atoms with E-state index in [-0.39, 0.29) is 24.3 Å². The Morgan fingerprint density at radius 3 is 2.36 bits per heavy atom. The quantitative estimate of drug-likeness (QED) is 0.348. The Hall–Kier alpha value is -3.62. The SMILES string of the molecule is Cc1ccc(C)c(NC(=O)C2N([C@@H](CO)Cc3ccccc3)C(=O)[C@@H]3[C@@H](C(=O)Nc4ccccc4)[C@@]4(C)CCC23S4)c1. The van der Waals surface area contributed by atoms with Gasteiger partial charge in [-0.05, 0) is 74.9 Å². The van der Waals surface area contributed by atoms with Gasteiger partial charge >= 0.3 is 0 Å². The molecule has 3 saturated heterocycles. The minimum atomic E-state index is -0.836. The van der Waals surface area contributed by atoms with Crippen molar-refractivity contribution in [2.75, 3.05) is 17.2 Å². The van der Waals surface area contributed by atoms with Crippen LogP contribution < -0.4 is 10.6 Å². The van der Waals surface area contributed by atoms with E-state index < -0.39 is 33.4 Å². The number of amides is 3. The second-order valence-electron chi connectivity index (χ2n) is 12.2. The number of hydrogen-bond acceptors (Lipinski definition) is 5. The highest BCUT2D eigenvalue weighted by molar-refractivity contribution is 8.02. The number of rotatable bonds is 8. The van der Waals surface area contributed by atoms with Gasteiger partial charge in [0, 0.05) is 16.1 Å². The van der Waals surface area contributed by atoms with Gasteiger partial charge in [-0.1, -0.05) is 60.7 Å². The summed E-state index contributed by atoms with van der Waals surface area (Å²) in [4.78, 5) is 44.6. The Morgan fingerprint density at radius 1 is 0.976 bits per heavy atom. The molecule has 3 aliphatic rings. The second-order valence-corrected chi connectivity index (χ2v) is 14.1. The van der Waals surface area contributed by atoms with Crippen molar-refractivity contribution in [3.63, 3.8) is 0 Å². The Kier molecular flexibility index (Phi) is 7.39. The Morgan fingerprint density at radius 2 is 1.67 bits per heavy atom. The summed E-state index contributed by atoms with van der Waals surface area (Å²) in [6, 6.07) is 23.4. The number of aryl methyl sites for hydroxylation is 2. The van der Waals surface area contributed by atoms with Crippen LogP contribution >= 0.6 is 11.8 Å². The van der Waals surface area contributed by atoms with Crippen molar-refractivity contribution in [1.29, 1.82) is 0 Å². The number of carbonyl (C=O) groups is 3. The number of thioether (sulfide) groups is 1. The summed E-state index contributed by atoms with van der Waals surface area (Å²) in [5.41, 5.74) is 4.30. The van der Waals surface area contributed by atoms with Crippen molar-refractivity contribution in [3.05, 3.63) is 95.6 Å². The fraction of sp³-hybridized carbons (Fsp3) is 0.382. The molecule has 2 bridgehead atoms. The van der Waals surface area contributed by atoms with Crippen LogP contribution in [-0.4, -0.2) is 55.9 Å². The number of nitrogens with zero attached hydrogens (tertiary/aromatic N) is 1. The van der Waals surface area contributed by atoms with Crippen LogP contribution in [0.5, 0.6) is 0 Å². The van der Waals surface area contributed by atoms with Gasteiger partial charge in [0.15, 0.2) is 0 Å². The lowest BCUT2D eigenvalue weighted by Gasteiger charge is -2.37. The van der Waals surface area contributed by atoms with Gasteiger partial charge in [0.05, 0.1) is 29.2 Å². The first-order valence-electron chi connectivity index (χ1n) is 14.6. The van der Waals surface area contributed by atoms with Crippen LogP contribution in [0.25, 0.3) is 0 Å². The lowest BCUT2D eigenvalue weighted by atomic mass is 9.66. The highest BCUT2D eigenvalue weighted by Gasteiger charge is 2.77. The molecule has 3 amide bonds. The maximum absolute atomic E-state index is 14.6. The molecule has 3 fully saturated rings. The van der Waals surface area contributed by atoms with Crippen molar-refractivity contribution in [2.24, 2.45) is 11.8 Å². The van der Waals surface area contributed by atoms with Gasteiger partial charge in [-0.3, -0.25) is 14.4 Å². The molecule has 8 heteroatoms. The number of aliphatic hydroxyl groups excluding tert-OH is 1. The van der Waals surface area contributed by atoms with Crippen LogP contribution in [0.3, 0.4) is 0 Å². The summed E-state index contributed by atoms with van der Waals surface area (Å²) >= 11 is 1.63. The van der Waals surface area contributed by atoms with Crippen LogP contribution in [-0.2, 0) is 20.8 Å². The number of likely N-dealkylation sites (tertiary alicyclic amines) is 1. The van der Waals surface area contributed by atoms with Gasteiger partial charge in [0.2, 0.25) is 17.7 Å². The number of para-hydroxylation sites is 1. The third-order valence-electron chi connectivity index (χ3n) is 9.36. The van der Waals surface area contributed by atoms with Crippen molar-refractivity contribution in [3.8, 4) is 0 Å². The fourth-order valence-corrected chi connectivity index (χ4v) is 9.75. The minimum absolute atomic E-state index is 0.199. The molecule has 3 heterocycles. The van der Waals surface area contributed by atoms with Crippen molar-refractivity contribution < 1.29 is 19.5 Å². The summed E-state index contributed by atoms with van der Waals surface area (Å²) in [5, 5.41) is 16.9. The highest BCUT2D eigenvalue weighted by Crippen LogP contribution is 2.71. The highest BCUT2D eigenvalue weighted by atomic mass is 32.2. The average Bonchev–Trinajstić information content (AvgIpc) is 3.55. The minimum Gasteiger partial charge on any atom is -0.394 e. The second kappa shape index (κ2) is 10.9. The largest absolute Gasteiger partial charge is 0.394 e. The molecular formula is C34H37N3O4S. The van der Waals surface area contributed by atoms with Crippen molar-refractivity contribution in [2.45, 2.75) is 61.6 Å². The summed E-state index contributed by atoms with van der Waals surface area (Å²) in [5.74, 6) is -1.98. The number of fused-ring (bicyclic) bond motifs is 1. The third-order valence-corrected chi connectivity index (χ3v) is 11.3. The molecule has 3 aromatic rings. The zero-order valence-electron chi connectivity index (χ0n) is 24.2. The van der Waals surface area contributed by atoms with Crippen LogP contribution in [0.1, 0.15) is 36.5 Å². The van der Waals surface area contributed by atoms with Crippen LogP contribution in [0, 0.1) is 25.7 Å². The van der Waals surface area contributed by atoms with Gasteiger partial charge < -0.3 is 20.6 Å². The van der Waals surface area contributed by atoms with E-state index in [4.69, 9.17) is 0 Å². The van der Waals surface area contributed by atoms with Gasteiger partial charge in [-0.15, -0.1) is 11.8 Å². The Balaban J connectivity index is 1.41. The fourth-order valence-electron chi connectivity index (χ4n) is 7.41.